The number of hydrogen-bond donors (Lipinski definition) is 1. The Bertz CT molecular complexity index is 515. The molecular formula is C6H3Cl5O4S2. The first-order valence-electron chi connectivity index (χ1n) is 3.33. The molecule has 0 heterocycles. The zero-order chi connectivity index (χ0) is 12.7. The highest BCUT2D eigenvalue weighted by atomic mass is 35.5. The van der Waals surface area contributed by atoms with Crippen LogP contribution in [-0.4, -0.2) is 13.9 Å². The lowest BCUT2D eigenvalue weighted by Gasteiger charge is -2.11. The Morgan fingerprint density at radius 1 is 0.824 bits per heavy atom. The second-order valence-electron chi connectivity index (χ2n) is 2.41. The summed E-state index contributed by atoms with van der Waals surface area (Å²) in [5, 5.41) is -0.950. The predicted octanol–water partition coefficient (Wildman–Crippen LogP) is 3.68. The second kappa shape index (κ2) is 6.25. The van der Waals surface area contributed by atoms with Crippen molar-refractivity contribution in [1.29, 1.82) is 0 Å². The maximum Gasteiger partial charge on any atom is 0.363 e. The SMILES string of the molecule is O.O=S(=O)(S)Oc1c(Cl)c(Cl)c(Cl)c(Cl)c1Cl. The van der Waals surface area contributed by atoms with E-state index in [1.54, 1.807) is 0 Å². The van der Waals surface area contributed by atoms with Gasteiger partial charge in [0, 0.05) is 0 Å². The predicted molar refractivity (Wildman–Crippen MR) is 73.6 cm³/mol. The number of halogens is 5. The highest BCUT2D eigenvalue weighted by Gasteiger charge is 2.23. The third kappa shape index (κ3) is 4.11. The molecule has 11 heteroatoms. The quantitative estimate of drug-likeness (QED) is 0.368. The first-order valence-corrected chi connectivity index (χ1v) is 7.68. The molecule has 0 radical (unpaired) electrons. The van der Waals surface area contributed by atoms with Crippen LogP contribution in [0.3, 0.4) is 0 Å². The van der Waals surface area contributed by atoms with Gasteiger partial charge in [0.05, 0.1) is 15.1 Å². The first kappa shape index (κ1) is 17.7. The molecule has 0 unspecified atom stereocenters. The summed E-state index contributed by atoms with van der Waals surface area (Å²) in [6, 6.07) is 0. The maximum atomic E-state index is 10.8. The van der Waals surface area contributed by atoms with Crippen molar-refractivity contribution >= 4 is 78.8 Å². The van der Waals surface area contributed by atoms with Crippen LogP contribution < -0.4 is 4.18 Å². The van der Waals surface area contributed by atoms with Gasteiger partial charge in [0.15, 0.2) is 5.75 Å². The molecule has 0 spiro atoms. The summed E-state index contributed by atoms with van der Waals surface area (Å²) >= 11 is 31.6. The summed E-state index contributed by atoms with van der Waals surface area (Å²) in [6.07, 6.45) is 0. The molecule has 2 N–H and O–H groups in total. The highest BCUT2D eigenvalue weighted by molar-refractivity contribution is 8.61. The maximum absolute atomic E-state index is 10.8. The molecular weight excluding hydrogens is 377 g/mol. The van der Waals surface area contributed by atoms with E-state index in [9.17, 15) is 8.42 Å². The van der Waals surface area contributed by atoms with E-state index in [2.05, 4.69) is 15.8 Å². The zero-order valence-electron chi connectivity index (χ0n) is 7.47. The van der Waals surface area contributed by atoms with E-state index < -0.39 is 14.9 Å². The Hall–Kier alpha value is 0.730. The van der Waals surface area contributed by atoms with Crippen molar-refractivity contribution in [3.63, 3.8) is 0 Å². The molecule has 4 nitrogen and oxygen atoms in total. The fourth-order valence-corrected chi connectivity index (χ4v) is 2.65. The molecule has 1 aromatic carbocycles. The lowest BCUT2D eigenvalue weighted by atomic mass is 10.3. The van der Waals surface area contributed by atoms with Crippen LogP contribution >= 0.6 is 69.7 Å². The average molecular weight is 380 g/mol. The van der Waals surface area contributed by atoms with Gasteiger partial charge in [-0.05, 0) is 11.7 Å². The largest absolute Gasteiger partial charge is 0.412 e. The smallest absolute Gasteiger partial charge is 0.363 e. The molecule has 0 saturated heterocycles. The third-order valence-corrected chi connectivity index (χ3v) is 4.20. The Morgan fingerprint density at radius 2 is 1.12 bits per heavy atom. The number of hydrogen-bond acceptors (Lipinski definition) is 3. The fraction of sp³-hybridized carbons (Fsp3) is 0. The van der Waals surface area contributed by atoms with Crippen LogP contribution in [0.2, 0.25) is 25.1 Å². The first-order chi connectivity index (χ1) is 7.15. The Labute approximate surface area is 127 Å². The van der Waals surface area contributed by atoms with E-state index in [0.717, 1.165) is 0 Å². The average Bonchev–Trinajstić information content (AvgIpc) is 2.17. The zero-order valence-corrected chi connectivity index (χ0v) is 13.0. The van der Waals surface area contributed by atoms with Gasteiger partial charge in [-0.15, -0.1) is 0 Å². The van der Waals surface area contributed by atoms with Crippen molar-refractivity contribution in [2.75, 3.05) is 0 Å². The van der Waals surface area contributed by atoms with Gasteiger partial charge in [-0.2, -0.15) is 8.42 Å². The topological polar surface area (TPSA) is 74.9 Å². The summed E-state index contributed by atoms with van der Waals surface area (Å²) in [7, 11) is -4.10. The molecule has 0 saturated carbocycles. The van der Waals surface area contributed by atoms with E-state index in [0.29, 0.717) is 0 Å². The second-order valence-corrected chi connectivity index (χ2v) is 6.66. The van der Waals surface area contributed by atoms with Crippen LogP contribution in [0.15, 0.2) is 0 Å². The van der Waals surface area contributed by atoms with Gasteiger partial charge in [-0.1, -0.05) is 58.0 Å². The highest BCUT2D eigenvalue weighted by Crippen LogP contribution is 2.48. The Kier molecular flexibility index (Phi) is 6.52. The molecule has 0 amide bonds. The minimum absolute atomic E-state index is 0. The lowest BCUT2D eigenvalue weighted by molar-refractivity contribution is 0.505. The van der Waals surface area contributed by atoms with Crippen LogP contribution in [-0.2, 0) is 9.15 Å². The van der Waals surface area contributed by atoms with Gasteiger partial charge in [-0.3, -0.25) is 0 Å². The van der Waals surface area contributed by atoms with Crippen LogP contribution in [0.1, 0.15) is 0 Å². The Balaban J connectivity index is 0.00000256. The van der Waals surface area contributed by atoms with Crippen molar-refractivity contribution < 1.29 is 18.1 Å². The van der Waals surface area contributed by atoms with Crippen LogP contribution in [0, 0.1) is 0 Å². The van der Waals surface area contributed by atoms with Gasteiger partial charge in [0.1, 0.15) is 10.0 Å². The number of benzene rings is 1. The normalized spacial score (nSPS) is 10.9. The fourth-order valence-electron chi connectivity index (χ4n) is 0.763. The lowest BCUT2D eigenvalue weighted by Crippen LogP contribution is -2.02. The van der Waals surface area contributed by atoms with E-state index in [-0.39, 0.29) is 30.6 Å². The Morgan fingerprint density at radius 3 is 1.41 bits per heavy atom. The summed E-state index contributed by atoms with van der Waals surface area (Å²) in [6.45, 7) is 0. The molecule has 0 aliphatic carbocycles. The van der Waals surface area contributed by atoms with E-state index in [4.69, 9.17) is 58.0 Å². The molecule has 17 heavy (non-hydrogen) atoms. The van der Waals surface area contributed by atoms with Crippen LogP contribution in [0.4, 0.5) is 0 Å². The molecule has 0 atom stereocenters. The van der Waals surface area contributed by atoms with Crippen molar-refractivity contribution in [2.24, 2.45) is 0 Å². The van der Waals surface area contributed by atoms with Gasteiger partial charge in [0.2, 0.25) is 0 Å². The summed E-state index contributed by atoms with van der Waals surface area (Å²) in [4.78, 5) is 0. The van der Waals surface area contributed by atoms with Crippen molar-refractivity contribution in [3.05, 3.63) is 25.1 Å². The standard InChI is InChI=1S/C6HCl5O3S2.H2O/c7-1-2(8)4(10)6(5(11)3(1)9)14-16(12,13)15;/h(H,12,13,15);1H2. The monoisotopic (exact) mass is 378 g/mol. The number of rotatable bonds is 2. The molecule has 0 aliphatic heterocycles. The minimum atomic E-state index is -4.10. The van der Waals surface area contributed by atoms with Gasteiger partial charge in [0.25, 0.3) is 0 Å². The van der Waals surface area contributed by atoms with E-state index >= 15 is 0 Å². The molecule has 98 valence electrons. The van der Waals surface area contributed by atoms with Gasteiger partial charge >= 0.3 is 9.15 Å². The van der Waals surface area contributed by atoms with Gasteiger partial charge < -0.3 is 9.66 Å². The minimum Gasteiger partial charge on any atom is -0.412 e. The van der Waals surface area contributed by atoms with E-state index in [1.165, 1.54) is 0 Å². The molecule has 1 rings (SSSR count). The third-order valence-electron chi connectivity index (χ3n) is 1.36. The molecule has 0 aromatic heterocycles. The molecule has 0 fully saturated rings. The summed E-state index contributed by atoms with van der Waals surface area (Å²) in [5.41, 5.74) is 0. The van der Waals surface area contributed by atoms with Crippen molar-refractivity contribution in [3.8, 4) is 5.75 Å². The van der Waals surface area contributed by atoms with Crippen molar-refractivity contribution in [1.82, 2.24) is 0 Å². The number of thiol groups is 1. The van der Waals surface area contributed by atoms with Crippen LogP contribution in [0.25, 0.3) is 0 Å². The summed E-state index contributed by atoms with van der Waals surface area (Å²) in [5.74, 6) is -0.419. The molecule has 0 aliphatic rings. The summed E-state index contributed by atoms with van der Waals surface area (Å²) < 4.78 is 26.1. The molecule has 1 aromatic rings. The van der Waals surface area contributed by atoms with E-state index in [1.807, 2.05) is 0 Å². The van der Waals surface area contributed by atoms with Crippen LogP contribution in [0.5, 0.6) is 5.75 Å². The van der Waals surface area contributed by atoms with Gasteiger partial charge in [-0.25, -0.2) is 0 Å². The van der Waals surface area contributed by atoms with Crippen molar-refractivity contribution in [2.45, 2.75) is 0 Å². The molecule has 0 bridgehead atoms.